The Kier molecular flexibility index (Phi) is 6.13. The molecule has 0 saturated heterocycles. The van der Waals surface area contributed by atoms with E-state index in [1.54, 1.807) is 12.1 Å². The lowest BCUT2D eigenvalue weighted by Crippen LogP contribution is -2.31. The molecule has 0 fully saturated rings. The van der Waals surface area contributed by atoms with E-state index in [1.165, 1.54) is 0 Å². The molecule has 7 heteroatoms. The van der Waals surface area contributed by atoms with Crippen molar-refractivity contribution >= 4 is 5.97 Å². The number of phenolic OH excluding ortho intramolecular Hbond substituents is 1. The second kappa shape index (κ2) is 8.54. The fourth-order valence-corrected chi connectivity index (χ4v) is 3.44. The summed E-state index contributed by atoms with van der Waals surface area (Å²) in [5.41, 5.74) is 3.59. The van der Waals surface area contributed by atoms with Crippen molar-refractivity contribution in [3.63, 3.8) is 0 Å². The summed E-state index contributed by atoms with van der Waals surface area (Å²) in [6.07, 6.45) is 0.841. The normalized spacial score (nSPS) is 14.4. The maximum atomic E-state index is 12.4. The van der Waals surface area contributed by atoms with Crippen LogP contribution in [0.2, 0.25) is 0 Å². The number of carbonyl (C=O) groups is 1. The molecule has 1 aromatic heterocycles. The van der Waals surface area contributed by atoms with Gasteiger partial charge in [0.25, 0.3) is 0 Å². The fourth-order valence-electron chi connectivity index (χ4n) is 3.44. The summed E-state index contributed by atoms with van der Waals surface area (Å²) < 4.78 is 7.19. The van der Waals surface area contributed by atoms with E-state index >= 15 is 0 Å². The van der Waals surface area contributed by atoms with Crippen LogP contribution in [0.4, 0.5) is 0 Å². The minimum absolute atomic E-state index is 0.272. The van der Waals surface area contributed by atoms with E-state index in [0.29, 0.717) is 18.8 Å². The SMILES string of the molecule is CCOC(=O)c1nn(CCN(C)C)c2c1CN(Cc1cccc(O)c1)CC2. The molecule has 1 aliphatic heterocycles. The van der Waals surface area contributed by atoms with E-state index in [1.807, 2.05) is 37.8 Å². The van der Waals surface area contributed by atoms with Gasteiger partial charge in [0, 0.05) is 43.9 Å². The molecule has 0 saturated carbocycles. The number of phenols is 1. The highest BCUT2D eigenvalue weighted by Gasteiger charge is 2.28. The molecule has 7 nitrogen and oxygen atoms in total. The lowest BCUT2D eigenvalue weighted by atomic mass is 10.0. The second-order valence-corrected chi connectivity index (χ2v) is 7.15. The van der Waals surface area contributed by atoms with Gasteiger partial charge in [0.15, 0.2) is 5.69 Å². The second-order valence-electron chi connectivity index (χ2n) is 7.15. The van der Waals surface area contributed by atoms with Crippen molar-refractivity contribution in [1.29, 1.82) is 0 Å². The Morgan fingerprint density at radius 1 is 1.37 bits per heavy atom. The molecule has 0 aliphatic carbocycles. The largest absolute Gasteiger partial charge is 0.508 e. The van der Waals surface area contributed by atoms with E-state index in [4.69, 9.17) is 4.74 Å². The maximum absolute atomic E-state index is 12.4. The van der Waals surface area contributed by atoms with Crippen molar-refractivity contribution in [2.75, 3.05) is 33.8 Å². The van der Waals surface area contributed by atoms with Gasteiger partial charge in [0.1, 0.15) is 5.75 Å². The number of ether oxygens (including phenoxy) is 1. The Morgan fingerprint density at radius 3 is 2.89 bits per heavy atom. The predicted molar refractivity (Wildman–Crippen MR) is 103 cm³/mol. The number of rotatable bonds is 7. The van der Waals surface area contributed by atoms with Gasteiger partial charge in [-0.3, -0.25) is 9.58 Å². The Hall–Kier alpha value is -2.38. The Balaban J connectivity index is 1.82. The van der Waals surface area contributed by atoms with Gasteiger partial charge in [-0.15, -0.1) is 0 Å². The van der Waals surface area contributed by atoms with E-state index < -0.39 is 0 Å². The fraction of sp³-hybridized carbons (Fsp3) is 0.500. The maximum Gasteiger partial charge on any atom is 0.359 e. The Morgan fingerprint density at radius 2 is 2.19 bits per heavy atom. The number of likely N-dealkylation sites (N-methyl/N-ethyl adjacent to an activating group) is 1. The highest BCUT2D eigenvalue weighted by Crippen LogP contribution is 2.25. The number of esters is 1. The van der Waals surface area contributed by atoms with E-state index in [-0.39, 0.29) is 11.7 Å². The third-order valence-electron chi connectivity index (χ3n) is 4.76. The van der Waals surface area contributed by atoms with Crippen LogP contribution in [0.5, 0.6) is 5.75 Å². The first-order valence-corrected chi connectivity index (χ1v) is 9.38. The molecule has 0 radical (unpaired) electrons. The summed E-state index contributed by atoms with van der Waals surface area (Å²) in [7, 11) is 4.05. The van der Waals surface area contributed by atoms with Crippen molar-refractivity contribution in [3.05, 3.63) is 46.8 Å². The quantitative estimate of drug-likeness (QED) is 0.749. The summed E-state index contributed by atoms with van der Waals surface area (Å²) in [6.45, 7) is 6.02. The van der Waals surface area contributed by atoms with Crippen molar-refractivity contribution in [1.82, 2.24) is 19.6 Å². The lowest BCUT2D eigenvalue weighted by molar-refractivity contribution is 0.0515. The van der Waals surface area contributed by atoms with Gasteiger partial charge >= 0.3 is 5.97 Å². The number of hydrogen-bond donors (Lipinski definition) is 1. The van der Waals surface area contributed by atoms with Crippen molar-refractivity contribution in [2.24, 2.45) is 0 Å². The molecule has 3 rings (SSSR count). The van der Waals surface area contributed by atoms with Crippen LogP contribution in [-0.4, -0.2) is 64.4 Å². The molecule has 0 spiro atoms. The molecular weight excluding hydrogens is 344 g/mol. The summed E-state index contributed by atoms with van der Waals surface area (Å²) in [6, 6.07) is 7.30. The minimum atomic E-state index is -0.350. The average molecular weight is 372 g/mol. The lowest BCUT2D eigenvalue weighted by Gasteiger charge is -2.28. The van der Waals surface area contributed by atoms with Crippen LogP contribution in [0, 0.1) is 0 Å². The van der Waals surface area contributed by atoms with E-state index in [9.17, 15) is 9.90 Å². The van der Waals surface area contributed by atoms with Gasteiger partial charge in [-0.05, 0) is 38.7 Å². The van der Waals surface area contributed by atoms with Crippen LogP contribution < -0.4 is 0 Å². The van der Waals surface area contributed by atoms with Gasteiger partial charge in [0.05, 0.1) is 13.2 Å². The molecule has 0 bridgehead atoms. The summed E-state index contributed by atoms with van der Waals surface area (Å²) in [5, 5.41) is 14.3. The smallest absolute Gasteiger partial charge is 0.359 e. The molecule has 0 amide bonds. The van der Waals surface area contributed by atoms with E-state index in [0.717, 1.165) is 49.4 Å². The Labute approximate surface area is 160 Å². The number of fused-ring (bicyclic) bond motifs is 1. The van der Waals surface area contributed by atoms with Crippen LogP contribution in [0.1, 0.15) is 34.2 Å². The molecule has 1 aliphatic rings. The molecular formula is C20H28N4O3. The van der Waals surface area contributed by atoms with Gasteiger partial charge < -0.3 is 14.7 Å². The van der Waals surface area contributed by atoms with Gasteiger partial charge in [-0.2, -0.15) is 5.10 Å². The predicted octanol–water partition coefficient (Wildman–Crippen LogP) is 1.89. The number of nitrogens with zero attached hydrogens (tertiary/aromatic N) is 4. The third kappa shape index (κ3) is 4.67. The van der Waals surface area contributed by atoms with Crippen LogP contribution in [0.3, 0.4) is 0 Å². The van der Waals surface area contributed by atoms with Crippen LogP contribution in [0.15, 0.2) is 24.3 Å². The van der Waals surface area contributed by atoms with Crippen molar-refractivity contribution < 1.29 is 14.6 Å². The van der Waals surface area contributed by atoms with Crippen molar-refractivity contribution in [3.8, 4) is 5.75 Å². The zero-order valence-corrected chi connectivity index (χ0v) is 16.3. The topological polar surface area (TPSA) is 70.8 Å². The average Bonchev–Trinajstić information content (AvgIpc) is 2.98. The van der Waals surface area contributed by atoms with E-state index in [2.05, 4.69) is 14.9 Å². The van der Waals surface area contributed by atoms with Crippen LogP contribution >= 0.6 is 0 Å². The first kappa shape index (κ1) is 19.4. The number of aromatic nitrogens is 2. The number of carbonyl (C=O) groups excluding carboxylic acids is 1. The van der Waals surface area contributed by atoms with Crippen LogP contribution in [0.25, 0.3) is 0 Å². The summed E-state index contributed by atoms with van der Waals surface area (Å²) in [4.78, 5) is 16.8. The minimum Gasteiger partial charge on any atom is -0.508 e. The van der Waals surface area contributed by atoms with Gasteiger partial charge in [0.2, 0.25) is 0 Å². The molecule has 1 aromatic carbocycles. The molecule has 146 valence electrons. The number of hydrogen-bond acceptors (Lipinski definition) is 6. The highest BCUT2D eigenvalue weighted by atomic mass is 16.5. The van der Waals surface area contributed by atoms with Crippen LogP contribution in [-0.2, 0) is 30.8 Å². The van der Waals surface area contributed by atoms with Gasteiger partial charge in [-0.1, -0.05) is 12.1 Å². The molecule has 27 heavy (non-hydrogen) atoms. The summed E-state index contributed by atoms with van der Waals surface area (Å²) >= 11 is 0. The zero-order chi connectivity index (χ0) is 19.4. The number of aromatic hydroxyl groups is 1. The monoisotopic (exact) mass is 372 g/mol. The Bertz CT molecular complexity index is 801. The standard InChI is InChI=1S/C20H28N4O3/c1-4-27-20(26)19-17-14-23(13-15-6-5-7-16(25)12-15)9-8-18(17)24(21-19)11-10-22(2)3/h5-7,12,25H,4,8-11,13-14H2,1-3H3. The first-order valence-electron chi connectivity index (χ1n) is 9.38. The molecule has 0 unspecified atom stereocenters. The highest BCUT2D eigenvalue weighted by molar-refractivity contribution is 5.89. The first-order chi connectivity index (χ1) is 13.0. The molecule has 1 N–H and O–H groups in total. The summed E-state index contributed by atoms with van der Waals surface area (Å²) in [5.74, 6) is -0.0783. The van der Waals surface area contributed by atoms with Gasteiger partial charge in [-0.25, -0.2) is 4.79 Å². The number of benzene rings is 1. The molecule has 2 heterocycles. The third-order valence-corrected chi connectivity index (χ3v) is 4.76. The van der Waals surface area contributed by atoms with Crippen molar-refractivity contribution in [2.45, 2.75) is 33.0 Å². The zero-order valence-electron chi connectivity index (χ0n) is 16.3. The molecule has 2 aromatic rings. The molecule has 0 atom stereocenters.